The van der Waals surface area contributed by atoms with Gasteiger partial charge in [0, 0.05) is 0 Å². The van der Waals surface area contributed by atoms with E-state index >= 15 is 0 Å². The Hall–Kier alpha value is -1.95. The van der Waals surface area contributed by atoms with Crippen molar-refractivity contribution in [2.75, 3.05) is 5.32 Å². The van der Waals surface area contributed by atoms with Gasteiger partial charge < -0.3 is 10.4 Å². The first-order chi connectivity index (χ1) is 8.16. The van der Waals surface area contributed by atoms with Crippen molar-refractivity contribution in [3.63, 3.8) is 0 Å². The molecule has 6 heteroatoms. The van der Waals surface area contributed by atoms with E-state index in [1.165, 1.54) is 18.0 Å². The number of carboxylic acids is 1. The lowest BCUT2D eigenvalue weighted by Gasteiger charge is -2.12. The van der Waals surface area contributed by atoms with Crippen LogP contribution >= 0.6 is 11.3 Å². The second kappa shape index (κ2) is 4.92. The SMILES string of the molecule is CC(Nc1cnc(C(=O)O)cn1)c1ccsc1. The number of nitrogens with zero attached hydrogens (tertiary/aromatic N) is 2. The maximum Gasteiger partial charge on any atom is 0.356 e. The fraction of sp³-hybridized carbons (Fsp3) is 0.182. The van der Waals surface area contributed by atoms with Crippen molar-refractivity contribution in [2.45, 2.75) is 13.0 Å². The minimum absolute atomic E-state index is 0.0567. The minimum atomic E-state index is -1.07. The van der Waals surface area contributed by atoms with Crippen LogP contribution in [0.25, 0.3) is 0 Å². The Labute approximate surface area is 102 Å². The molecule has 2 heterocycles. The summed E-state index contributed by atoms with van der Waals surface area (Å²) in [6.45, 7) is 2.01. The molecule has 2 N–H and O–H groups in total. The lowest BCUT2D eigenvalue weighted by atomic mass is 10.2. The van der Waals surface area contributed by atoms with Crippen molar-refractivity contribution in [3.8, 4) is 0 Å². The number of thiophene rings is 1. The van der Waals surface area contributed by atoms with Crippen LogP contribution in [0.1, 0.15) is 29.0 Å². The van der Waals surface area contributed by atoms with Crippen molar-refractivity contribution >= 4 is 23.1 Å². The van der Waals surface area contributed by atoms with Gasteiger partial charge in [0.15, 0.2) is 5.69 Å². The van der Waals surface area contributed by atoms with Crippen LogP contribution in [0.4, 0.5) is 5.82 Å². The van der Waals surface area contributed by atoms with Crippen LogP contribution in [0.5, 0.6) is 0 Å². The molecule has 0 aliphatic carbocycles. The van der Waals surface area contributed by atoms with E-state index in [-0.39, 0.29) is 11.7 Å². The Bertz CT molecular complexity index is 496. The van der Waals surface area contributed by atoms with Crippen LogP contribution in [0.3, 0.4) is 0 Å². The zero-order valence-corrected chi connectivity index (χ0v) is 9.94. The molecule has 0 saturated heterocycles. The maximum absolute atomic E-state index is 10.6. The Morgan fingerprint density at radius 3 is 2.82 bits per heavy atom. The summed E-state index contributed by atoms with van der Waals surface area (Å²) in [6.07, 6.45) is 2.66. The largest absolute Gasteiger partial charge is 0.476 e. The average Bonchev–Trinajstić information content (AvgIpc) is 2.83. The highest BCUT2D eigenvalue weighted by Crippen LogP contribution is 2.19. The Morgan fingerprint density at radius 1 is 1.47 bits per heavy atom. The topological polar surface area (TPSA) is 75.1 Å². The van der Waals surface area contributed by atoms with Crippen molar-refractivity contribution in [1.82, 2.24) is 9.97 Å². The molecule has 0 bridgehead atoms. The molecule has 0 saturated carbocycles. The van der Waals surface area contributed by atoms with E-state index in [9.17, 15) is 4.79 Å². The standard InChI is InChI=1S/C11H11N3O2S/c1-7(8-2-3-17-6-8)14-10-5-12-9(4-13-10)11(15)16/h2-7H,1H3,(H,13,14)(H,15,16). The highest BCUT2D eigenvalue weighted by Gasteiger charge is 2.08. The first-order valence-electron chi connectivity index (χ1n) is 5.01. The first kappa shape index (κ1) is 11.5. The molecule has 17 heavy (non-hydrogen) atoms. The Morgan fingerprint density at radius 2 is 2.29 bits per heavy atom. The lowest BCUT2D eigenvalue weighted by Crippen LogP contribution is -2.08. The van der Waals surface area contributed by atoms with Crippen LogP contribution in [0.15, 0.2) is 29.2 Å². The molecule has 5 nitrogen and oxygen atoms in total. The number of aromatic carboxylic acids is 1. The van der Waals surface area contributed by atoms with Gasteiger partial charge in [0.1, 0.15) is 5.82 Å². The van der Waals surface area contributed by atoms with Gasteiger partial charge in [-0.15, -0.1) is 0 Å². The molecule has 2 aromatic heterocycles. The second-order valence-electron chi connectivity index (χ2n) is 3.51. The molecular weight excluding hydrogens is 238 g/mol. The predicted molar refractivity (Wildman–Crippen MR) is 65.3 cm³/mol. The summed E-state index contributed by atoms with van der Waals surface area (Å²) in [7, 11) is 0. The van der Waals surface area contributed by atoms with Gasteiger partial charge in [-0.3, -0.25) is 0 Å². The van der Waals surface area contributed by atoms with Gasteiger partial charge in [-0.25, -0.2) is 14.8 Å². The number of aromatic nitrogens is 2. The van der Waals surface area contributed by atoms with Gasteiger partial charge in [-0.1, -0.05) is 0 Å². The number of rotatable bonds is 4. The lowest BCUT2D eigenvalue weighted by molar-refractivity contribution is 0.0690. The summed E-state index contributed by atoms with van der Waals surface area (Å²) in [6, 6.07) is 2.15. The summed E-state index contributed by atoms with van der Waals surface area (Å²) < 4.78 is 0. The molecule has 88 valence electrons. The molecule has 0 aromatic carbocycles. The fourth-order valence-electron chi connectivity index (χ4n) is 1.34. The summed E-state index contributed by atoms with van der Waals surface area (Å²) in [5.74, 6) is -0.511. The summed E-state index contributed by atoms with van der Waals surface area (Å²) in [4.78, 5) is 18.4. The van der Waals surface area contributed by atoms with Crippen LogP contribution < -0.4 is 5.32 Å². The Balaban J connectivity index is 2.06. The molecular formula is C11H11N3O2S. The van der Waals surface area contributed by atoms with Crippen LogP contribution in [-0.2, 0) is 0 Å². The zero-order valence-electron chi connectivity index (χ0n) is 9.12. The third-order valence-electron chi connectivity index (χ3n) is 2.28. The Kier molecular flexibility index (Phi) is 3.34. The van der Waals surface area contributed by atoms with Crippen molar-refractivity contribution in [2.24, 2.45) is 0 Å². The summed E-state index contributed by atoms with van der Waals surface area (Å²) in [5.41, 5.74) is 1.11. The fourth-order valence-corrected chi connectivity index (χ4v) is 2.09. The molecule has 0 aliphatic rings. The molecule has 1 atom stereocenters. The van der Waals surface area contributed by atoms with E-state index in [0.717, 1.165) is 0 Å². The number of nitrogens with one attached hydrogen (secondary N) is 1. The van der Waals surface area contributed by atoms with Crippen molar-refractivity contribution < 1.29 is 9.90 Å². The quantitative estimate of drug-likeness (QED) is 0.870. The first-order valence-corrected chi connectivity index (χ1v) is 5.95. The molecule has 1 unspecified atom stereocenters. The maximum atomic E-state index is 10.6. The van der Waals surface area contributed by atoms with E-state index in [0.29, 0.717) is 5.82 Å². The summed E-state index contributed by atoms with van der Waals surface area (Å²) in [5, 5.41) is 15.9. The van der Waals surface area contributed by atoms with Gasteiger partial charge in [0.25, 0.3) is 0 Å². The van der Waals surface area contributed by atoms with E-state index in [1.807, 2.05) is 18.4 Å². The number of carbonyl (C=O) groups is 1. The normalized spacial score (nSPS) is 12.1. The monoisotopic (exact) mass is 249 g/mol. The average molecular weight is 249 g/mol. The van der Waals surface area contributed by atoms with E-state index in [4.69, 9.17) is 5.11 Å². The van der Waals surface area contributed by atoms with E-state index in [2.05, 4.69) is 20.7 Å². The molecule has 0 radical (unpaired) electrons. The molecule has 2 rings (SSSR count). The predicted octanol–water partition coefficient (Wildman–Crippen LogP) is 2.41. The third-order valence-corrected chi connectivity index (χ3v) is 2.98. The number of carboxylic acid groups (broad SMARTS) is 1. The molecule has 0 spiro atoms. The van der Waals surface area contributed by atoms with E-state index in [1.54, 1.807) is 11.3 Å². The zero-order chi connectivity index (χ0) is 12.3. The minimum Gasteiger partial charge on any atom is -0.476 e. The molecule has 2 aromatic rings. The van der Waals surface area contributed by atoms with Gasteiger partial charge in [0.05, 0.1) is 18.4 Å². The van der Waals surface area contributed by atoms with Gasteiger partial charge in [-0.05, 0) is 29.3 Å². The molecule has 0 amide bonds. The van der Waals surface area contributed by atoms with Gasteiger partial charge in [-0.2, -0.15) is 11.3 Å². The molecule has 0 aliphatic heterocycles. The van der Waals surface area contributed by atoms with Gasteiger partial charge >= 0.3 is 5.97 Å². The number of hydrogen-bond acceptors (Lipinski definition) is 5. The smallest absolute Gasteiger partial charge is 0.356 e. The highest BCUT2D eigenvalue weighted by molar-refractivity contribution is 7.07. The summed E-state index contributed by atoms with van der Waals surface area (Å²) >= 11 is 1.63. The third kappa shape index (κ3) is 2.79. The van der Waals surface area contributed by atoms with Gasteiger partial charge in [0.2, 0.25) is 0 Å². The van der Waals surface area contributed by atoms with Crippen molar-refractivity contribution in [1.29, 1.82) is 0 Å². The number of hydrogen-bond donors (Lipinski definition) is 2. The number of anilines is 1. The van der Waals surface area contributed by atoms with Crippen LogP contribution in [-0.4, -0.2) is 21.0 Å². The highest BCUT2D eigenvalue weighted by atomic mass is 32.1. The van der Waals surface area contributed by atoms with Crippen molar-refractivity contribution in [3.05, 3.63) is 40.5 Å². The second-order valence-corrected chi connectivity index (χ2v) is 4.29. The molecule has 0 fully saturated rings. The van der Waals surface area contributed by atoms with Crippen LogP contribution in [0, 0.1) is 0 Å². The van der Waals surface area contributed by atoms with E-state index < -0.39 is 5.97 Å². The van der Waals surface area contributed by atoms with Crippen LogP contribution in [0.2, 0.25) is 0 Å².